The van der Waals surface area contributed by atoms with Crippen LogP contribution in [-0.2, 0) is 0 Å². The summed E-state index contributed by atoms with van der Waals surface area (Å²) >= 11 is 0. The number of nitrogens with one attached hydrogen (secondary N) is 2. The first-order chi connectivity index (χ1) is 9.40. The maximum absolute atomic E-state index is 12.0. The van der Waals surface area contributed by atoms with Crippen LogP contribution in [0.4, 0.5) is 0 Å². The smallest absolute Gasteiger partial charge is 0.292 e. The fourth-order valence-electron chi connectivity index (χ4n) is 1.90. The Morgan fingerprint density at radius 3 is 2.90 bits per heavy atom. The molecule has 1 saturated heterocycles. The largest absolute Gasteiger partial charge is 0.347 e. The third-order valence-electron chi connectivity index (χ3n) is 3.90. The number of amides is 1. The van der Waals surface area contributed by atoms with Gasteiger partial charge in [0.05, 0.1) is 6.04 Å². The number of aromatic nitrogens is 2. The molecule has 1 fully saturated rings. The molecule has 112 valence electrons. The summed E-state index contributed by atoms with van der Waals surface area (Å²) in [7, 11) is 3.95. The van der Waals surface area contributed by atoms with Crippen LogP contribution in [0.25, 0.3) is 0 Å². The van der Waals surface area contributed by atoms with E-state index in [-0.39, 0.29) is 23.3 Å². The zero-order chi connectivity index (χ0) is 14.8. The second-order valence-electron chi connectivity index (χ2n) is 5.99. The van der Waals surface area contributed by atoms with E-state index in [0.29, 0.717) is 12.4 Å². The molecule has 1 aromatic heterocycles. The van der Waals surface area contributed by atoms with Gasteiger partial charge in [0.15, 0.2) is 0 Å². The Balaban J connectivity index is 1.93. The molecule has 2 N–H and O–H groups in total. The normalized spacial score (nSPS) is 19.6. The lowest BCUT2D eigenvalue weighted by molar-refractivity contribution is 0.0906. The molecule has 0 bridgehead atoms. The van der Waals surface area contributed by atoms with E-state index in [2.05, 4.69) is 39.5 Å². The van der Waals surface area contributed by atoms with Crippen LogP contribution in [0.3, 0.4) is 0 Å². The molecule has 20 heavy (non-hydrogen) atoms. The summed E-state index contributed by atoms with van der Waals surface area (Å²) in [5.74, 6) is 0.302. The van der Waals surface area contributed by atoms with Crippen LogP contribution in [0, 0.1) is 0 Å². The third kappa shape index (κ3) is 3.34. The van der Waals surface area contributed by atoms with E-state index in [1.54, 1.807) is 0 Å². The summed E-state index contributed by atoms with van der Waals surface area (Å²) < 4.78 is 5.15. The average Bonchev–Trinajstić information content (AvgIpc) is 3.05. The van der Waals surface area contributed by atoms with E-state index < -0.39 is 0 Å². The number of nitrogens with zero attached hydrogens (tertiary/aromatic N) is 3. The highest BCUT2D eigenvalue weighted by molar-refractivity contribution is 5.90. The summed E-state index contributed by atoms with van der Waals surface area (Å²) in [4.78, 5) is 18.2. The zero-order valence-electron chi connectivity index (χ0n) is 12.6. The Morgan fingerprint density at radius 2 is 2.30 bits per heavy atom. The van der Waals surface area contributed by atoms with Gasteiger partial charge in [0.25, 0.3) is 11.7 Å². The molecule has 1 aliphatic heterocycles. The fraction of sp³-hybridized carbons (Fsp3) is 0.769. The van der Waals surface area contributed by atoms with Crippen LogP contribution in [-0.4, -0.2) is 53.7 Å². The Kier molecular flexibility index (Phi) is 4.39. The van der Waals surface area contributed by atoms with Gasteiger partial charge in [-0.3, -0.25) is 4.79 Å². The highest BCUT2D eigenvalue weighted by Crippen LogP contribution is 2.21. The van der Waals surface area contributed by atoms with Gasteiger partial charge in [-0.05, 0) is 47.3 Å². The maximum atomic E-state index is 12.0. The highest BCUT2D eigenvalue weighted by atomic mass is 16.5. The first kappa shape index (κ1) is 14.9. The van der Waals surface area contributed by atoms with Crippen molar-refractivity contribution in [1.82, 2.24) is 25.7 Å². The molecule has 2 heterocycles. The Hall–Kier alpha value is -1.47. The minimum Gasteiger partial charge on any atom is -0.347 e. The van der Waals surface area contributed by atoms with Crippen molar-refractivity contribution in [3.63, 3.8) is 0 Å². The molecule has 1 amide bonds. The number of hydrogen-bond donors (Lipinski definition) is 2. The average molecular weight is 281 g/mol. The van der Waals surface area contributed by atoms with Gasteiger partial charge in [-0.1, -0.05) is 5.16 Å². The number of carbonyl (C=O) groups excluding carboxylic acids is 1. The molecule has 1 unspecified atom stereocenters. The summed E-state index contributed by atoms with van der Waals surface area (Å²) in [6.07, 6.45) is 2.06. The van der Waals surface area contributed by atoms with E-state index in [1.165, 1.54) is 0 Å². The van der Waals surface area contributed by atoms with E-state index in [1.807, 2.05) is 14.1 Å². The Bertz CT molecular complexity index is 463. The molecule has 0 spiro atoms. The van der Waals surface area contributed by atoms with Crippen molar-refractivity contribution in [2.24, 2.45) is 0 Å². The minimum atomic E-state index is -0.298. The molecule has 0 aliphatic carbocycles. The lowest BCUT2D eigenvalue weighted by atomic mass is 10.0. The van der Waals surface area contributed by atoms with Crippen LogP contribution < -0.4 is 10.6 Å². The fourth-order valence-corrected chi connectivity index (χ4v) is 1.90. The summed E-state index contributed by atoms with van der Waals surface area (Å²) in [5.41, 5.74) is -0.130. The van der Waals surface area contributed by atoms with Crippen molar-refractivity contribution in [1.29, 1.82) is 0 Å². The van der Waals surface area contributed by atoms with Gasteiger partial charge in [0, 0.05) is 12.1 Å². The van der Waals surface area contributed by atoms with Crippen LogP contribution in [0.2, 0.25) is 0 Å². The van der Waals surface area contributed by atoms with Gasteiger partial charge >= 0.3 is 0 Å². The van der Waals surface area contributed by atoms with Gasteiger partial charge in [0.1, 0.15) is 0 Å². The van der Waals surface area contributed by atoms with Crippen molar-refractivity contribution in [3.05, 3.63) is 11.7 Å². The Labute approximate surface area is 119 Å². The van der Waals surface area contributed by atoms with E-state index in [4.69, 9.17) is 4.52 Å². The second kappa shape index (κ2) is 5.88. The van der Waals surface area contributed by atoms with E-state index >= 15 is 0 Å². The predicted octanol–water partition coefficient (Wildman–Crippen LogP) is 0.564. The molecule has 1 aliphatic rings. The Morgan fingerprint density at radius 1 is 1.55 bits per heavy atom. The number of hydrogen-bond acceptors (Lipinski definition) is 6. The third-order valence-corrected chi connectivity index (χ3v) is 3.90. The van der Waals surface area contributed by atoms with Gasteiger partial charge in [-0.2, -0.15) is 4.98 Å². The van der Waals surface area contributed by atoms with Gasteiger partial charge < -0.3 is 20.1 Å². The molecular formula is C13H23N5O2. The molecule has 7 nitrogen and oxygen atoms in total. The summed E-state index contributed by atoms with van der Waals surface area (Å²) in [6, 6.07) is 0.0854. The quantitative estimate of drug-likeness (QED) is 0.820. The topological polar surface area (TPSA) is 83.3 Å². The standard InChI is InChI=1S/C13H23N5O2/c1-13(2,18(3)4)8-15-11(19)10-16-12(20-17-10)9-6-5-7-14-9/h9,14H,5-8H2,1-4H3,(H,15,19). The van der Waals surface area contributed by atoms with Crippen LogP contribution in [0.5, 0.6) is 0 Å². The predicted molar refractivity (Wildman–Crippen MR) is 74.4 cm³/mol. The van der Waals surface area contributed by atoms with Crippen molar-refractivity contribution >= 4 is 5.91 Å². The van der Waals surface area contributed by atoms with Gasteiger partial charge in [-0.15, -0.1) is 0 Å². The number of rotatable bonds is 5. The first-order valence-corrected chi connectivity index (χ1v) is 6.93. The highest BCUT2D eigenvalue weighted by Gasteiger charge is 2.26. The monoisotopic (exact) mass is 281 g/mol. The molecule has 7 heteroatoms. The maximum Gasteiger partial charge on any atom is 0.292 e. The lowest BCUT2D eigenvalue weighted by Gasteiger charge is -2.32. The molecule has 1 atom stereocenters. The number of carbonyl (C=O) groups is 1. The zero-order valence-corrected chi connectivity index (χ0v) is 12.6. The first-order valence-electron chi connectivity index (χ1n) is 6.93. The van der Waals surface area contributed by atoms with Crippen LogP contribution in [0.15, 0.2) is 4.52 Å². The molecule has 1 aromatic rings. The molecule has 0 aromatic carbocycles. The molecule has 2 rings (SSSR count). The van der Waals surface area contributed by atoms with Crippen LogP contribution >= 0.6 is 0 Å². The van der Waals surface area contributed by atoms with Crippen molar-refractivity contribution in [3.8, 4) is 0 Å². The number of likely N-dealkylation sites (N-methyl/N-ethyl adjacent to an activating group) is 1. The molecular weight excluding hydrogens is 258 g/mol. The molecule has 0 saturated carbocycles. The summed E-state index contributed by atoms with van der Waals surface area (Å²) in [6.45, 7) is 5.57. The van der Waals surface area contributed by atoms with Crippen molar-refractivity contribution < 1.29 is 9.32 Å². The van der Waals surface area contributed by atoms with Crippen molar-refractivity contribution in [2.75, 3.05) is 27.2 Å². The van der Waals surface area contributed by atoms with E-state index in [0.717, 1.165) is 19.4 Å². The lowest BCUT2D eigenvalue weighted by Crippen LogP contribution is -2.48. The van der Waals surface area contributed by atoms with Gasteiger partial charge in [-0.25, -0.2) is 0 Å². The minimum absolute atomic E-state index is 0.0854. The molecule has 0 radical (unpaired) electrons. The summed E-state index contributed by atoms with van der Waals surface area (Å²) in [5, 5.41) is 9.85. The van der Waals surface area contributed by atoms with Gasteiger partial charge in [0.2, 0.25) is 5.89 Å². The van der Waals surface area contributed by atoms with Crippen molar-refractivity contribution in [2.45, 2.75) is 38.3 Å². The van der Waals surface area contributed by atoms with Crippen LogP contribution in [0.1, 0.15) is 49.2 Å². The van der Waals surface area contributed by atoms with E-state index in [9.17, 15) is 4.79 Å². The second-order valence-corrected chi connectivity index (χ2v) is 5.99. The SMILES string of the molecule is CN(C)C(C)(C)CNC(=O)c1noc(C2CCCN2)n1.